The lowest BCUT2D eigenvalue weighted by Crippen LogP contribution is -2.37. The van der Waals surface area contributed by atoms with Gasteiger partial charge >= 0.3 is 0 Å². The zero-order chi connectivity index (χ0) is 28.8. The molecule has 2 atom stereocenters. The third-order valence-corrected chi connectivity index (χ3v) is 11.3. The number of sulfonamides is 1. The minimum atomic E-state index is -3.81. The molecule has 3 aliphatic rings. The zero-order valence-corrected chi connectivity index (χ0v) is 24.9. The smallest absolute Gasteiger partial charge is 0.264 e. The highest BCUT2D eigenvalue weighted by Crippen LogP contribution is 2.44. The summed E-state index contributed by atoms with van der Waals surface area (Å²) in [6, 6.07) is 13.2. The molecule has 2 aromatic carbocycles. The highest BCUT2D eigenvalue weighted by atomic mass is 32.2. The molecule has 0 aliphatic carbocycles. The number of methoxy groups -OCH3 is 1. The van der Waals surface area contributed by atoms with Crippen LogP contribution >= 0.6 is 0 Å². The molecule has 1 aromatic heterocycles. The van der Waals surface area contributed by atoms with E-state index in [1.807, 2.05) is 44.4 Å². The Kier molecular flexibility index (Phi) is 7.28. The van der Waals surface area contributed by atoms with Gasteiger partial charge in [0.05, 0.1) is 23.7 Å². The molecule has 0 saturated carbocycles. The molecule has 216 valence electrons. The Hall–Kier alpha value is -3.43. The third kappa shape index (κ3) is 4.99. The van der Waals surface area contributed by atoms with E-state index in [9.17, 15) is 13.2 Å². The van der Waals surface area contributed by atoms with Gasteiger partial charge in [-0.15, -0.1) is 0 Å². The number of aryl methyl sites for hydroxylation is 3. The van der Waals surface area contributed by atoms with Crippen molar-refractivity contribution in [3.63, 3.8) is 0 Å². The second kappa shape index (κ2) is 10.8. The predicted molar refractivity (Wildman–Crippen MR) is 160 cm³/mol. The van der Waals surface area contributed by atoms with E-state index in [1.54, 1.807) is 23.5 Å². The summed E-state index contributed by atoms with van der Waals surface area (Å²) >= 11 is 0. The quantitative estimate of drug-likeness (QED) is 0.379. The molecule has 41 heavy (non-hydrogen) atoms. The Morgan fingerprint density at radius 2 is 1.71 bits per heavy atom. The summed E-state index contributed by atoms with van der Waals surface area (Å²) in [5, 5.41) is 0. The molecule has 2 unspecified atom stereocenters. The maximum Gasteiger partial charge on any atom is 0.264 e. The summed E-state index contributed by atoms with van der Waals surface area (Å²) in [6.07, 6.45) is 8.39. The number of aldehydes is 1. The van der Waals surface area contributed by atoms with Crippen LogP contribution in [0.2, 0.25) is 0 Å². The molecule has 0 radical (unpaired) electrons. The van der Waals surface area contributed by atoms with Crippen LogP contribution in [0.25, 0.3) is 0 Å². The summed E-state index contributed by atoms with van der Waals surface area (Å²) in [5.74, 6) is 0.642. The highest BCUT2D eigenvalue weighted by molar-refractivity contribution is 7.93. The summed E-state index contributed by atoms with van der Waals surface area (Å²) < 4.78 is 35.1. The second-order valence-electron chi connectivity index (χ2n) is 11.8. The molecule has 3 aliphatic heterocycles. The van der Waals surface area contributed by atoms with Crippen molar-refractivity contribution in [2.75, 3.05) is 49.0 Å². The molecule has 8 nitrogen and oxygen atoms in total. The maximum absolute atomic E-state index is 14.1. The predicted octanol–water partition coefficient (Wildman–Crippen LogP) is 4.69. The van der Waals surface area contributed by atoms with Crippen LogP contribution < -0.4 is 13.9 Å². The summed E-state index contributed by atoms with van der Waals surface area (Å²) in [6.45, 7) is 7.70. The molecular formula is C32H38N4O4S. The number of benzene rings is 2. The zero-order valence-electron chi connectivity index (χ0n) is 24.0. The molecule has 0 N–H and O–H groups in total. The lowest BCUT2D eigenvalue weighted by atomic mass is 9.86. The number of aromatic nitrogens is 1. The first-order chi connectivity index (χ1) is 19.7. The van der Waals surface area contributed by atoms with Crippen molar-refractivity contribution in [2.24, 2.45) is 5.41 Å². The number of hydrogen-bond acceptors (Lipinski definition) is 7. The average molecular weight is 575 g/mol. The molecule has 0 amide bonds. The first-order valence-corrected chi connectivity index (χ1v) is 15.8. The van der Waals surface area contributed by atoms with Crippen LogP contribution in [0.5, 0.6) is 5.75 Å². The number of anilines is 2. The van der Waals surface area contributed by atoms with Gasteiger partial charge in [-0.3, -0.25) is 14.2 Å². The van der Waals surface area contributed by atoms with Crippen LogP contribution in [-0.4, -0.2) is 64.4 Å². The van der Waals surface area contributed by atoms with Crippen molar-refractivity contribution in [1.29, 1.82) is 0 Å². The van der Waals surface area contributed by atoms with Gasteiger partial charge in [0.15, 0.2) is 0 Å². The topological polar surface area (TPSA) is 83.0 Å². The molecule has 9 heteroatoms. The summed E-state index contributed by atoms with van der Waals surface area (Å²) in [5.41, 5.74) is 5.21. The van der Waals surface area contributed by atoms with Crippen LogP contribution in [0.15, 0.2) is 59.8 Å². The van der Waals surface area contributed by atoms with E-state index in [4.69, 9.17) is 4.74 Å². The second-order valence-corrected chi connectivity index (χ2v) is 13.6. The van der Waals surface area contributed by atoms with Crippen LogP contribution in [0.3, 0.4) is 0 Å². The molecule has 3 aromatic rings. The van der Waals surface area contributed by atoms with E-state index < -0.39 is 16.1 Å². The lowest BCUT2D eigenvalue weighted by molar-refractivity contribution is -0.112. The fourth-order valence-corrected chi connectivity index (χ4v) is 9.11. The van der Waals surface area contributed by atoms with Gasteiger partial charge in [-0.1, -0.05) is 12.1 Å². The lowest BCUT2D eigenvalue weighted by Gasteiger charge is -2.33. The van der Waals surface area contributed by atoms with Crippen molar-refractivity contribution in [3.8, 4) is 5.75 Å². The Morgan fingerprint density at radius 3 is 2.41 bits per heavy atom. The monoisotopic (exact) mass is 574 g/mol. The Morgan fingerprint density at radius 1 is 0.976 bits per heavy atom. The average Bonchev–Trinajstić information content (AvgIpc) is 3.59. The molecule has 1 spiro atoms. The molecule has 2 saturated heterocycles. The SMILES string of the molecule is COc1cc(C)c(S(=O)(=O)N2CCCc3ccc(C(C=O)N4CCC5(CCN(c6ccncc6)C5)C4)cc32)c(C)c1. The molecular weight excluding hydrogens is 536 g/mol. The van der Waals surface area contributed by atoms with Crippen molar-refractivity contribution in [3.05, 3.63) is 77.1 Å². The van der Waals surface area contributed by atoms with E-state index in [1.165, 1.54) is 5.69 Å². The molecule has 0 bridgehead atoms. The Balaban J connectivity index is 1.27. The van der Waals surface area contributed by atoms with Gasteiger partial charge in [0.2, 0.25) is 0 Å². The molecule has 6 rings (SSSR count). The third-order valence-electron chi connectivity index (χ3n) is 9.20. The first kappa shape index (κ1) is 27.7. The van der Waals surface area contributed by atoms with Crippen LogP contribution in [0.4, 0.5) is 11.4 Å². The minimum Gasteiger partial charge on any atom is -0.497 e. The number of pyridine rings is 1. The number of fused-ring (bicyclic) bond motifs is 1. The van der Waals surface area contributed by atoms with Gasteiger partial charge < -0.3 is 14.4 Å². The van der Waals surface area contributed by atoms with E-state index >= 15 is 0 Å². The molecule has 2 fully saturated rings. The van der Waals surface area contributed by atoms with Crippen molar-refractivity contribution >= 4 is 27.7 Å². The maximum atomic E-state index is 14.1. The van der Waals surface area contributed by atoms with Gasteiger partial charge in [-0.25, -0.2) is 8.42 Å². The van der Waals surface area contributed by atoms with Gasteiger partial charge in [0, 0.05) is 49.7 Å². The van der Waals surface area contributed by atoms with E-state index in [2.05, 4.69) is 26.9 Å². The number of likely N-dealkylation sites (tertiary alicyclic amines) is 1. The number of rotatable bonds is 7. The highest BCUT2D eigenvalue weighted by Gasteiger charge is 2.45. The van der Waals surface area contributed by atoms with Crippen molar-refractivity contribution in [2.45, 2.75) is 50.5 Å². The van der Waals surface area contributed by atoms with Crippen molar-refractivity contribution < 1.29 is 17.9 Å². The van der Waals surface area contributed by atoms with Crippen LogP contribution in [0.1, 0.15) is 47.6 Å². The first-order valence-electron chi connectivity index (χ1n) is 14.4. The van der Waals surface area contributed by atoms with Gasteiger partial charge in [0.25, 0.3) is 10.0 Å². The number of hydrogen-bond donors (Lipinski definition) is 0. The van der Waals surface area contributed by atoms with Crippen LogP contribution in [-0.2, 0) is 21.2 Å². The van der Waals surface area contributed by atoms with Gasteiger partial charge in [-0.05, 0) is 98.7 Å². The number of carbonyl (C=O) groups excluding carboxylic acids is 1. The van der Waals surface area contributed by atoms with Gasteiger partial charge in [-0.2, -0.15) is 0 Å². The van der Waals surface area contributed by atoms with Crippen molar-refractivity contribution in [1.82, 2.24) is 9.88 Å². The Bertz CT molecular complexity index is 1540. The largest absolute Gasteiger partial charge is 0.497 e. The fraction of sp³-hybridized carbons (Fsp3) is 0.438. The standard InChI is InChI=1S/C32H38N4O4S/c1-23-17-28(40-3)18-24(2)31(23)41(38,39)36-14-4-5-25-6-7-26(19-29(25)36)30(20-37)35-16-11-32(22-35)10-15-34(21-32)27-8-12-33-13-9-27/h6-9,12-13,17-20,30H,4-5,10-11,14-16,21-22H2,1-3H3. The Labute approximate surface area is 243 Å². The van der Waals surface area contributed by atoms with E-state index in [-0.39, 0.29) is 5.41 Å². The number of carbonyl (C=O) groups is 1. The van der Waals surface area contributed by atoms with Gasteiger partial charge in [0.1, 0.15) is 12.0 Å². The summed E-state index contributed by atoms with van der Waals surface area (Å²) in [7, 11) is -2.23. The van der Waals surface area contributed by atoms with E-state index in [0.29, 0.717) is 34.0 Å². The van der Waals surface area contributed by atoms with Crippen LogP contribution in [0, 0.1) is 19.3 Å². The number of nitrogens with zero attached hydrogens (tertiary/aromatic N) is 4. The normalized spacial score (nSPS) is 21.7. The summed E-state index contributed by atoms with van der Waals surface area (Å²) in [4.78, 5) is 21.8. The molecule has 4 heterocycles. The number of ether oxygens (including phenoxy) is 1. The fourth-order valence-electron chi connectivity index (χ4n) is 7.16. The van der Waals surface area contributed by atoms with E-state index in [0.717, 1.165) is 69.3 Å². The minimum absolute atomic E-state index is 0.150.